The van der Waals surface area contributed by atoms with Crippen LogP contribution in [-0.4, -0.2) is 5.91 Å². The van der Waals surface area contributed by atoms with Crippen molar-refractivity contribution in [3.8, 4) is 0 Å². The fraction of sp³-hybridized carbons (Fsp3) is 0.222. The number of carbonyl (C=O) groups is 1. The highest BCUT2D eigenvalue weighted by Gasteiger charge is 2.38. The summed E-state index contributed by atoms with van der Waals surface area (Å²) < 4.78 is 0. The Morgan fingerprint density at radius 2 is 2.08 bits per heavy atom. The third kappa shape index (κ3) is 0.769. The molecule has 0 aromatic heterocycles. The summed E-state index contributed by atoms with van der Waals surface area (Å²) in [5.41, 5.74) is 6.65. The van der Waals surface area contributed by atoms with E-state index in [0.717, 1.165) is 11.3 Å². The van der Waals surface area contributed by atoms with Gasteiger partial charge in [0.05, 0.1) is 0 Å². The number of carbonyl (C=O) groups excluding carboxylic acids is 1. The lowest BCUT2D eigenvalue weighted by atomic mass is 9.95. The molecule has 0 bridgehead atoms. The number of hydrogen-bond donors (Lipinski definition) is 2. The molecule has 0 aliphatic carbocycles. The Labute approximate surface area is 70.6 Å². The Morgan fingerprint density at radius 1 is 1.42 bits per heavy atom. The van der Waals surface area contributed by atoms with Crippen molar-refractivity contribution in [3.63, 3.8) is 0 Å². The van der Waals surface area contributed by atoms with Gasteiger partial charge in [-0.2, -0.15) is 0 Å². The van der Waals surface area contributed by atoms with Gasteiger partial charge in [0, 0.05) is 11.3 Å². The molecule has 0 unspecified atom stereocenters. The van der Waals surface area contributed by atoms with Crippen LogP contribution in [0.3, 0.4) is 0 Å². The third-order valence-corrected chi connectivity index (χ3v) is 2.21. The van der Waals surface area contributed by atoms with Gasteiger partial charge in [-0.25, -0.2) is 0 Å². The van der Waals surface area contributed by atoms with Gasteiger partial charge in [0.1, 0.15) is 5.54 Å². The number of amides is 1. The Balaban J connectivity index is 2.63. The van der Waals surface area contributed by atoms with Crippen LogP contribution in [0.5, 0.6) is 0 Å². The van der Waals surface area contributed by atoms with E-state index in [1.54, 1.807) is 6.92 Å². The second-order valence-corrected chi connectivity index (χ2v) is 3.20. The quantitative estimate of drug-likeness (QED) is 0.593. The number of benzene rings is 1. The predicted molar refractivity (Wildman–Crippen MR) is 46.6 cm³/mol. The zero-order valence-electron chi connectivity index (χ0n) is 6.79. The lowest BCUT2D eigenvalue weighted by Gasteiger charge is -2.14. The summed E-state index contributed by atoms with van der Waals surface area (Å²) >= 11 is 0. The number of nitrogens with one attached hydrogen (secondary N) is 1. The Morgan fingerprint density at radius 3 is 2.75 bits per heavy atom. The van der Waals surface area contributed by atoms with E-state index in [1.807, 2.05) is 24.3 Å². The van der Waals surface area contributed by atoms with E-state index in [1.165, 1.54) is 0 Å². The average molecular weight is 162 g/mol. The van der Waals surface area contributed by atoms with E-state index in [-0.39, 0.29) is 5.91 Å². The summed E-state index contributed by atoms with van der Waals surface area (Å²) in [6, 6.07) is 7.48. The smallest absolute Gasteiger partial charge is 0.248 e. The number of para-hydroxylation sites is 1. The predicted octanol–water partition coefficient (Wildman–Crippen LogP) is 0.813. The van der Waals surface area contributed by atoms with Crippen LogP contribution in [0.2, 0.25) is 0 Å². The Bertz CT molecular complexity index is 344. The van der Waals surface area contributed by atoms with Crippen LogP contribution >= 0.6 is 0 Å². The van der Waals surface area contributed by atoms with Crippen LogP contribution in [0.25, 0.3) is 0 Å². The molecule has 3 nitrogen and oxygen atoms in total. The van der Waals surface area contributed by atoms with Crippen molar-refractivity contribution < 1.29 is 4.79 Å². The molecule has 1 aliphatic heterocycles. The second kappa shape index (κ2) is 2.08. The fourth-order valence-electron chi connectivity index (χ4n) is 1.42. The second-order valence-electron chi connectivity index (χ2n) is 3.20. The van der Waals surface area contributed by atoms with E-state index in [4.69, 9.17) is 5.73 Å². The van der Waals surface area contributed by atoms with Crippen molar-refractivity contribution >= 4 is 11.6 Å². The zero-order chi connectivity index (χ0) is 8.77. The summed E-state index contributed by atoms with van der Waals surface area (Å²) in [7, 11) is 0. The van der Waals surface area contributed by atoms with Gasteiger partial charge in [0.15, 0.2) is 0 Å². The minimum absolute atomic E-state index is 0.135. The van der Waals surface area contributed by atoms with E-state index in [9.17, 15) is 4.79 Å². The van der Waals surface area contributed by atoms with Crippen molar-refractivity contribution in [3.05, 3.63) is 29.8 Å². The summed E-state index contributed by atoms with van der Waals surface area (Å²) in [6.07, 6.45) is 0. The largest absolute Gasteiger partial charge is 0.324 e. The minimum atomic E-state index is -0.864. The molecule has 0 spiro atoms. The van der Waals surface area contributed by atoms with Gasteiger partial charge in [-0.1, -0.05) is 18.2 Å². The SMILES string of the molecule is C[C@@]1(N)C(=O)Nc2ccccc21. The third-order valence-electron chi connectivity index (χ3n) is 2.21. The van der Waals surface area contributed by atoms with Gasteiger partial charge >= 0.3 is 0 Å². The lowest BCUT2D eigenvalue weighted by molar-refractivity contribution is -0.120. The number of nitrogens with two attached hydrogens (primary N) is 1. The summed E-state index contributed by atoms with van der Waals surface area (Å²) in [5.74, 6) is -0.135. The molecule has 0 radical (unpaired) electrons. The lowest BCUT2D eigenvalue weighted by Crippen LogP contribution is -2.40. The number of fused-ring (bicyclic) bond motifs is 1. The standard InChI is InChI=1S/C9H10N2O/c1-9(10)6-4-2-3-5-7(6)11-8(9)12/h2-5H,10H2,1H3,(H,11,12)/t9-/m0/s1. The molecule has 1 amide bonds. The Kier molecular flexibility index (Phi) is 1.26. The highest BCUT2D eigenvalue weighted by molar-refractivity contribution is 6.05. The van der Waals surface area contributed by atoms with Gasteiger partial charge in [0.25, 0.3) is 0 Å². The molecule has 0 saturated heterocycles. The molecule has 1 aromatic carbocycles. The first kappa shape index (κ1) is 7.31. The monoisotopic (exact) mass is 162 g/mol. The molecule has 3 heteroatoms. The van der Waals surface area contributed by atoms with Gasteiger partial charge in [-0.15, -0.1) is 0 Å². The summed E-state index contributed by atoms with van der Waals surface area (Å²) in [5, 5.41) is 2.72. The molecule has 3 N–H and O–H groups in total. The molecule has 62 valence electrons. The Hall–Kier alpha value is -1.35. The van der Waals surface area contributed by atoms with Crippen LogP contribution in [0, 0.1) is 0 Å². The maximum Gasteiger partial charge on any atom is 0.248 e. The molecule has 0 saturated carbocycles. The maximum atomic E-state index is 11.3. The summed E-state index contributed by atoms with van der Waals surface area (Å²) in [6.45, 7) is 1.72. The highest BCUT2D eigenvalue weighted by Crippen LogP contribution is 2.32. The van der Waals surface area contributed by atoms with Gasteiger partial charge in [-0.3, -0.25) is 4.79 Å². The van der Waals surface area contributed by atoms with E-state index in [2.05, 4.69) is 5.32 Å². The topological polar surface area (TPSA) is 55.1 Å². The number of rotatable bonds is 0. The first-order chi connectivity index (χ1) is 5.62. The first-order valence-electron chi connectivity index (χ1n) is 3.82. The van der Waals surface area contributed by atoms with Crippen LogP contribution in [0.1, 0.15) is 12.5 Å². The van der Waals surface area contributed by atoms with E-state index < -0.39 is 5.54 Å². The zero-order valence-corrected chi connectivity index (χ0v) is 6.79. The molecule has 1 aromatic rings. The number of hydrogen-bond acceptors (Lipinski definition) is 2. The molecule has 12 heavy (non-hydrogen) atoms. The minimum Gasteiger partial charge on any atom is -0.324 e. The van der Waals surface area contributed by atoms with Gasteiger partial charge in [0.2, 0.25) is 5.91 Å². The van der Waals surface area contributed by atoms with E-state index in [0.29, 0.717) is 0 Å². The molecule has 1 aliphatic rings. The maximum absolute atomic E-state index is 11.3. The molecular weight excluding hydrogens is 152 g/mol. The van der Waals surface area contributed by atoms with E-state index >= 15 is 0 Å². The number of anilines is 1. The average Bonchev–Trinajstić information content (AvgIpc) is 2.25. The van der Waals surface area contributed by atoms with Crippen molar-refractivity contribution in [1.82, 2.24) is 0 Å². The van der Waals surface area contributed by atoms with Crippen LogP contribution < -0.4 is 11.1 Å². The van der Waals surface area contributed by atoms with Crippen molar-refractivity contribution in [2.75, 3.05) is 5.32 Å². The van der Waals surface area contributed by atoms with Gasteiger partial charge < -0.3 is 11.1 Å². The molecule has 0 fully saturated rings. The molecular formula is C9H10N2O. The van der Waals surface area contributed by atoms with Gasteiger partial charge in [-0.05, 0) is 13.0 Å². The fourth-order valence-corrected chi connectivity index (χ4v) is 1.42. The first-order valence-corrected chi connectivity index (χ1v) is 3.82. The van der Waals surface area contributed by atoms with Crippen molar-refractivity contribution in [2.24, 2.45) is 5.73 Å². The normalized spacial score (nSPS) is 26.7. The molecule has 2 rings (SSSR count). The van der Waals surface area contributed by atoms with Crippen molar-refractivity contribution in [1.29, 1.82) is 0 Å². The molecule has 1 heterocycles. The molecule has 1 atom stereocenters. The highest BCUT2D eigenvalue weighted by atomic mass is 16.2. The van der Waals surface area contributed by atoms with Crippen molar-refractivity contribution in [2.45, 2.75) is 12.5 Å². The summed E-state index contributed by atoms with van der Waals surface area (Å²) in [4.78, 5) is 11.3. The van der Waals surface area contributed by atoms with Crippen LogP contribution in [0.4, 0.5) is 5.69 Å². The van der Waals surface area contributed by atoms with Crippen LogP contribution in [0.15, 0.2) is 24.3 Å². The van der Waals surface area contributed by atoms with Crippen LogP contribution in [-0.2, 0) is 10.3 Å².